The van der Waals surface area contributed by atoms with E-state index in [1.165, 1.54) is 80.3 Å². The van der Waals surface area contributed by atoms with Gasteiger partial charge in [0, 0.05) is 17.7 Å². The number of aliphatic imine (C=N–C) groups is 1. The number of rotatable bonds is 8. The lowest BCUT2D eigenvalue weighted by Crippen LogP contribution is -2.21. The molecule has 1 heterocycles. The van der Waals surface area contributed by atoms with Crippen molar-refractivity contribution < 1.29 is 0 Å². The molecule has 1 saturated heterocycles. The van der Waals surface area contributed by atoms with E-state index in [1.807, 2.05) is 0 Å². The van der Waals surface area contributed by atoms with Crippen molar-refractivity contribution in [3.05, 3.63) is 83.0 Å². The van der Waals surface area contributed by atoms with E-state index < -0.39 is 0 Å². The van der Waals surface area contributed by atoms with Crippen molar-refractivity contribution in [2.45, 2.75) is 71.8 Å². The van der Waals surface area contributed by atoms with Crippen LogP contribution in [0.3, 0.4) is 0 Å². The Morgan fingerprint density at radius 3 is 2.32 bits per heavy atom. The summed E-state index contributed by atoms with van der Waals surface area (Å²) >= 11 is 0. The zero-order valence-electron chi connectivity index (χ0n) is 19.9. The molecule has 31 heavy (non-hydrogen) atoms. The Morgan fingerprint density at radius 2 is 1.68 bits per heavy atom. The van der Waals surface area contributed by atoms with Crippen LogP contribution in [0.25, 0.3) is 0 Å². The monoisotopic (exact) mass is 416 g/mol. The second-order valence-electron chi connectivity index (χ2n) is 9.43. The largest absolute Gasteiger partial charge is 0.299 e. The van der Waals surface area contributed by atoms with Crippen molar-refractivity contribution in [3.63, 3.8) is 0 Å². The highest BCUT2D eigenvalue weighted by Crippen LogP contribution is 2.25. The maximum atomic E-state index is 5.38. The van der Waals surface area contributed by atoms with E-state index in [1.54, 1.807) is 0 Å². The highest BCUT2D eigenvalue weighted by molar-refractivity contribution is 6.15. The molecule has 0 amide bonds. The van der Waals surface area contributed by atoms with E-state index in [9.17, 15) is 0 Å². The molecule has 0 bridgehead atoms. The number of benzene rings is 1. The van der Waals surface area contributed by atoms with E-state index in [4.69, 9.17) is 4.99 Å². The molecule has 0 atom stereocenters. The van der Waals surface area contributed by atoms with Gasteiger partial charge in [0.15, 0.2) is 0 Å². The van der Waals surface area contributed by atoms with Crippen LogP contribution in [0.2, 0.25) is 0 Å². The summed E-state index contributed by atoms with van der Waals surface area (Å²) in [6.45, 7) is 18.3. The second-order valence-corrected chi connectivity index (χ2v) is 9.43. The molecule has 1 aromatic carbocycles. The van der Waals surface area contributed by atoms with Gasteiger partial charge in [-0.15, -0.1) is 0 Å². The quantitative estimate of drug-likeness (QED) is 0.323. The fourth-order valence-corrected chi connectivity index (χ4v) is 4.56. The standard InChI is InChI=1S/C29H40N2/c1-22(2)25(5)20-26(19-23(3)21-31-17-11-12-18-31)29(28-16-10-9-13-24(28)4)30-27-14-7-6-8-15-27/h9-10,13,16,19-20,27H,1,3,6-8,11-12,14-15,17-18,21H2,2,4-5H3/b25-20+,26-19+,30-29-. The molecule has 1 aliphatic heterocycles. The molecule has 3 rings (SSSR count). The fraction of sp³-hybridized carbons (Fsp3) is 0.483. The Kier molecular flexibility index (Phi) is 8.66. The summed E-state index contributed by atoms with van der Waals surface area (Å²) in [4.78, 5) is 7.90. The zero-order valence-corrected chi connectivity index (χ0v) is 19.9. The van der Waals surface area contributed by atoms with Gasteiger partial charge in [0.25, 0.3) is 0 Å². The van der Waals surface area contributed by atoms with Crippen LogP contribution in [-0.2, 0) is 0 Å². The highest BCUT2D eigenvalue weighted by Gasteiger charge is 2.18. The minimum Gasteiger partial charge on any atom is -0.299 e. The van der Waals surface area contributed by atoms with Crippen LogP contribution in [0.5, 0.6) is 0 Å². The van der Waals surface area contributed by atoms with Gasteiger partial charge in [-0.05, 0) is 88.4 Å². The molecule has 0 unspecified atom stereocenters. The van der Waals surface area contributed by atoms with Gasteiger partial charge < -0.3 is 0 Å². The molecule has 0 radical (unpaired) electrons. The molecule has 0 spiro atoms. The molecule has 1 saturated carbocycles. The molecular weight excluding hydrogens is 376 g/mol. The average molecular weight is 417 g/mol. The lowest BCUT2D eigenvalue weighted by molar-refractivity contribution is 0.372. The third-order valence-corrected chi connectivity index (χ3v) is 6.59. The lowest BCUT2D eigenvalue weighted by atomic mass is 9.92. The van der Waals surface area contributed by atoms with Gasteiger partial charge in [0.1, 0.15) is 0 Å². The van der Waals surface area contributed by atoms with Gasteiger partial charge in [0.2, 0.25) is 0 Å². The SMILES string of the molecule is C=C(/C=C(\C=C(/C)C(=C)C)C(=N/C1CCCCC1)/c1ccccc1C)CN1CCCC1. The number of hydrogen-bond acceptors (Lipinski definition) is 2. The third kappa shape index (κ3) is 6.90. The summed E-state index contributed by atoms with van der Waals surface area (Å²) < 4.78 is 0. The van der Waals surface area contributed by atoms with Crippen molar-refractivity contribution in [3.8, 4) is 0 Å². The van der Waals surface area contributed by atoms with Crippen LogP contribution in [0, 0.1) is 6.92 Å². The Labute approximate surface area is 190 Å². The first-order valence-electron chi connectivity index (χ1n) is 12.0. The Bertz CT molecular complexity index is 872. The van der Waals surface area contributed by atoms with Gasteiger partial charge in [0.05, 0.1) is 11.8 Å². The molecule has 166 valence electrons. The molecule has 2 heteroatoms. The van der Waals surface area contributed by atoms with Crippen molar-refractivity contribution in [2.75, 3.05) is 19.6 Å². The summed E-state index contributed by atoms with van der Waals surface area (Å²) in [5, 5.41) is 0. The summed E-state index contributed by atoms with van der Waals surface area (Å²) in [6, 6.07) is 9.07. The summed E-state index contributed by atoms with van der Waals surface area (Å²) in [5.41, 5.74) is 8.25. The molecule has 1 aromatic rings. The third-order valence-electron chi connectivity index (χ3n) is 6.59. The highest BCUT2D eigenvalue weighted by atomic mass is 15.1. The van der Waals surface area contributed by atoms with Gasteiger partial charge in [-0.3, -0.25) is 9.89 Å². The van der Waals surface area contributed by atoms with Gasteiger partial charge in [-0.25, -0.2) is 0 Å². The first-order chi connectivity index (χ1) is 14.9. The predicted molar refractivity (Wildman–Crippen MR) is 136 cm³/mol. The van der Waals surface area contributed by atoms with Crippen LogP contribution < -0.4 is 0 Å². The van der Waals surface area contributed by atoms with Gasteiger partial charge in [-0.1, -0.05) is 62.3 Å². The number of likely N-dealkylation sites (tertiary alicyclic amines) is 1. The zero-order chi connectivity index (χ0) is 22.2. The summed E-state index contributed by atoms with van der Waals surface area (Å²) in [5.74, 6) is 0. The van der Waals surface area contributed by atoms with Crippen LogP contribution in [0.4, 0.5) is 0 Å². The van der Waals surface area contributed by atoms with Crippen molar-refractivity contribution in [1.29, 1.82) is 0 Å². The molecule has 0 N–H and O–H groups in total. The average Bonchev–Trinajstić information content (AvgIpc) is 3.25. The minimum atomic E-state index is 0.414. The first kappa shape index (κ1) is 23.5. The summed E-state index contributed by atoms with van der Waals surface area (Å²) in [6.07, 6.45) is 13.5. The molecule has 2 aliphatic rings. The van der Waals surface area contributed by atoms with Crippen molar-refractivity contribution in [2.24, 2.45) is 4.99 Å². The van der Waals surface area contributed by atoms with E-state index in [0.29, 0.717) is 6.04 Å². The maximum Gasteiger partial charge on any atom is 0.0725 e. The van der Waals surface area contributed by atoms with Crippen LogP contribution in [0.1, 0.15) is 69.9 Å². The van der Waals surface area contributed by atoms with E-state index >= 15 is 0 Å². The number of hydrogen-bond donors (Lipinski definition) is 0. The van der Waals surface area contributed by atoms with Crippen LogP contribution in [-0.4, -0.2) is 36.3 Å². The first-order valence-corrected chi connectivity index (χ1v) is 12.0. The van der Waals surface area contributed by atoms with E-state index in [2.05, 4.69) is 75.2 Å². The molecule has 0 aromatic heterocycles. The van der Waals surface area contributed by atoms with Gasteiger partial charge in [-0.2, -0.15) is 0 Å². The van der Waals surface area contributed by atoms with E-state index in [-0.39, 0.29) is 0 Å². The topological polar surface area (TPSA) is 15.6 Å². The Balaban J connectivity index is 2.04. The number of allylic oxidation sites excluding steroid dienone is 4. The molecular formula is C29H40N2. The smallest absolute Gasteiger partial charge is 0.0725 e. The second kappa shape index (κ2) is 11.4. The molecule has 2 fully saturated rings. The predicted octanol–water partition coefficient (Wildman–Crippen LogP) is 7.22. The van der Waals surface area contributed by atoms with Crippen molar-refractivity contribution >= 4 is 5.71 Å². The van der Waals surface area contributed by atoms with Crippen LogP contribution >= 0.6 is 0 Å². The van der Waals surface area contributed by atoms with Crippen molar-refractivity contribution in [1.82, 2.24) is 4.90 Å². The van der Waals surface area contributed by atoms with Crippen LogP contribution in [0.15, 0.2) is 76.9 Å². The summed E-state index contributed by atoms with van der Waals surface area (Å²) in [7, 11) is 0. The van der Waals surface area contributed by atoms with Gasteiger partial charge >= 0.3 is 0 Å². The minimum absolute atomic E-state index is 0.414. The number of aryl methyl sites for hydroxylation is 1. The fourth-order valence-electron chi connectivity index (χ4n) is 4.56. The molecule has 1 aliphatic carbocycles. The lowest BCUT2D eigenvalue weighted by Gasteiger charge is -2.22. The maximum absolute atomic E-state index is 5.38. The molecule has 2 nitrogen and oxygen atoms in total. The van der Waals surface area contributed by atoms with E-state index in [0.717, 1.165) is 23.4 Å². The Morgan fingerprint density at radius 1 is 1.00 bits per heavy atom. The Hall–Kier alpha value is -2.19. The number of nitrogens with zero attached hydrogens (tertiary/aromatic N) is 2. The normalized spacial score (nSPS) is 19.6.